The molecular formula is C13H19N3O4. The van der Waals surface area contributed by atoms with E-state index in [1.807, 2.05) is 0 Å². The molecule has 7 heteroatoms. The number of fused-ring (bicyclic) bond motifs is 1. The Kier molecular flexibility index (Phi) is 3.99. The van der Waals surface area contributed by atoms with E-state index in [2.05, 4.69) is 0 Å². The van der Waals surface area contributed by atoms with Crippen molar-refractivity contribution < 1.29 is 14.6 Å². The number of aromatic hydroxyl groups is 1. The van der Waals surface area contributed by atoms with Crippen molar-refractivity contribution in [3.63, 3.8) is 0 Å². The van der Waals surface area contributed by atoms with E-state index < -0.39 is 11.2 Å². The van der Waals surface area contributed by atoms with Crippen LogP contribution in [0.3, 0.4) is 0 Å². The predicted molar refractivity (Wildman–Crippen MR) is 74.5 cm³/mol. The van der Waals surface area contributed by atoms with Gasteiger partial charge in [-0.2, -0.15) is 0 Å². The van der Waals surface area contributed by atoms with E-state index in [1.165, 1.54) is 0 Å². The molecule has 20 heavy (non-hydrogen) atoms. The highest BCUT2D eigenvalue weighted by Crippen LogP contribution is 2.22. The van der Waals surface area contributed by atoms with Crippen molar-refractivity contribution in [3.05, 3.63) is 22.1 Å². The average Bonchev–Trinajstić information content (AvgIpc) is 2.41. The molecule has 0 aliphatic carbocycles. The molecule has 2 rings (SSSR count). The number of aromatic nitrogens is 1. The van der Waals surface area contributed by atoms with Gasteiger partial charge in [-0.05, 0) is 0 Å². The maximum absolute atomic E-state index is 12.3. The van der Waals surface area contributed by atoms with Gasteiger partial charge in [0, 0.05) is 47.0 Å². The second-order valence-corrected chi connectivity index (χ2v) is 4.91. The zero-order valence-corrected chi connectivity index (χ0v) is 11.9. The van der Waals surface area contributed by atoms with Crippen LogP contribution >= 0.6 is 0 Å². The molecule has 0 unspecified atom stereocenters. The summed E-state index contributed by atoms with van der Waals surface area (Å²) < 4.78 is 6.59. The van der Waals surface area contributed by atoms with E-state index in [9.17, 15) is 14.7 Å². The molecule has 2 heterocycles. The Bertz CT molecular complexity index is 580. The minimum Gasteiger partial charge on any atom is -0.502 e. The monoisotopic (exact) mass is 281 g/mol. The van der Waals surface area contributed by atoms with Gasteiger partial charge in [0.1, 0.15) is 5.69 Å². The summed E-state index contributed by atoms with van der Waals surface area (Å²) in [6, 6.07) is 0. The van der Waals surface area contributed by atoms with Gasteiger partial charge in [0.15, 0.2) is 11.4 Å². The Hall–Kier alpha value is -2.02. The lowest BCUT2D eigenvalue weighted by atomic mass is 10.2. The molecule has 0 saturated carbocycles. The predicted octanol–water partition coefficient (Wildman–Crippen LogP) is -0.278. The second kappa shape index (κ2) is 5.54. The van der Waals surface area contributed by atoms with Crippen LogP contribution in [0.15, 0.2) is 11.0 Å². The molecule has 1 aromatic heterocycles. The van der Waals surface area contributed by atoms with Gasteiger partial charge >= 0.3 is 0 Å². The van der Waals surface area contributed by atoms with Gasteiger partial charge < -0.3 is 24.2 Å². The van der Waals surface area contributed by atoms with Gasteiger partial charge in [-0.25, -0.2) is 0 Å². The van der Waals surface area contributed by atoms with Gasteiger partial charge in [-0.3, -0.25) is 9.59 Å². The number of nitrogens with zero attached hydrogens (tertiary/aromatic N) is 3. The van der Waals surface area contributed by atoms with Crippen LogP contribution in [-0.4, -0.2) is 61.4 Å². The van der Waals surface area contributed by atoms with Gasteiger partial charge in [0.25, 0.3) is 5.91 Å². The molecule has 110 valence electrons. The van der Waals surface area contributed by atoms with Crippen molar-refractivity contribution in [2.24, 2.45) is 0 Å². The van der Waals surface area contributed by atoms with Gasteiger partial charge in [-0.15, -0.1) is 0 Å². The summed E-state index contributed by atoms with van der Waals surface area (Å²) >= 11 is 0. The van der Waals surface area contributed by atoms with Crippen LogP contribution in [0.5, 0.6) is 5.75 Å². The fraction of sp³-hybridized carbons (Fsp3) is 0.538. The van der Waals surface area contributed by atoms with Crippen molar-refractivity contribution in [3.8, 4) is 5.75 Å². The van der Waals surface area contributed by atoms with Crippen LogP contribution in [0.1, 0.15) is 10.5 Å². The quantitative estimate of drug-likeness (QED) is 0.821. The van der Waals surface area contributed by atoms with E-state index >= 15 is 0 Å². The maximum Gasteiger partial charge on any atom is 0.274 e. The Balaban J connectivity index is 2.44. The molecule has 1 aliphatic heterocycles. The third kappa shape index (κ3) is 2.36. The summed E-state index contributed by atoms with van der Waals surface area (Å²) in [4.78, 5) is 27.6. The largest absolute Gasteiger partial charge is 0.502 e. The van der Waals surface area contributed by atoms with Crippen molar-refractivity contribution in [2.45, 2.75) is 6.54 Å². The number of ether oxygens (including phenoxy) is 1. The summed E-state index contributed by atoms with van der Waals surface area (Å²) in [5.41, 5.74) is -0.101. The lowest BCUT2D eigenvalue weighted by Gasteiger charge is -2.30. The fourth-order valence-electron chi connectivity index (χ4n) is 2.25. The number of rotatable bonds is 4. The van der Waals surface area contributed by atoms with Crippen LogP contribution in [0.2, 0.25) is 0 Å². The molecule has 1 aromatic rings. The number of carbonyl (C=O) groups is 1. The number of carbonyl (C=O) groups excluding carboxylic acids is 1. The molecule has 0 fully saturated rings. The topological polar surface area (TPSA) is 75.0 Å². The third-order valence-electron chi connectivity index (χ3n) is 3.39. The number of hydrogen-bond donors (Lipinski definition) is 1. The Morgan fingerprint density at radius 1 is 1.35 bits per heavy atom. The van der Waals surface area contributed by atoms with E-state index in [4.69, 9.17) is 4.74 Å². The molecule has 1 aliphatic rings. The van der Waals surface area contributed by atoms with E-state index in [1.54, 1.807) is 41.8 Å². The summed E-state index contributed by atoms with van der Waals surface area (Å²) in [7, 11) is 5.00. The molecule has 1 N–H and O–H groups in total. The third-order valence-corrected chi connectivity index (χ3v) is 3.39. The van der Waals surface area contributed by atoms with Gasteiger partial charge in [0.2, 0.25) is 5.43 Å². The standard InChI is InChI=1S/C13H19N3O4/c1-14(2)9-8-16-5-4-15(6-7-20-3)13(19)10(16)12(18)11(9)17/h8,18H,4-7H2,1-3H3. The molecular weight excluding hydrogens is 262 g/mol. The fourth-order valence-corrected chi connectivity index (χ4v) is 2.25. The van der Waals surface area contributed by atoms with Crippen LogP contribution in [0.25, 0.3) is 0 Å². The number of amides is 1. The van der Waals surface area contributed by atoms with Crippen molar-refractivity contribution >= 4 is 11.6 Å². The second-order valence-electron chi connectivity index (χ2n) is 4.91. The SMILES string of the molecule is COCCN1CCn2cc(N(C)C)c(=O)c(O)c2C1=O. The van der Waals surface area contributed by atoms with E-state index in [0.717, 1.165) is 0 Å². The molecule has 0 aromatic carbocycles. The maximum atomic E-state index is 12.3. The van der Waals surface area contributed by atoms with Gasteiger partial charge in [-0.1, -0.05) is 0 Å². The zero-order valence-electron chi connectivity index (χ0n) is 11.9. The molecule has 0 atom stereocenters. The minimum absolute atomic E-state index is 0.0583. The Labute approximate surface area is 117 Å². The molecule has 1 amide bonds. The van der Waals surface area contributed by atoms with Crippen molar-refractivity contribution in [1.82, 2.24) is 9.47 Å². The molecule has 0 bridgehead atoms. The summed E-state index contributed by atoms with van der Waals surface area (Å²) in [6.45, 7) is 1.94. The lowest BCUT2D eigenvalue weighted by Crippen LogP contribution is -2.43. The molecule has 0 spiro atoms. The highest BCUT2D eigenvalue weighted by atomic mass is 16.5. The Morgan fingerprint density at radius 2 is 2.05 bits per heavy atom. The van der Waals surface area contributed by atoms with Crippen LogP contribution in [-0.2, 0) is 11.3 Å². The normalized spacial score (nSPS) is 14.3. The first-order valence-corrected chi connectivity index (χ1v) is 6.39. The molecule has 0 radical (unpaired) electrons. The van der Waals surface area contributed by atoms with Crippen molar-refractivity contribution in [1.29, 1.82) is 0 Å². The van der Waals surface area contributed by atoms with Crippen LogP contribution in [0, 0.1) is 0 Å². The number of pyridine rings is 1. The smallest absolute Gasteiger partial charge is 0.274 e. The van der Waals surface area contributed by atoms with Crippen LogP contribution in [0.4, 0.5) is 5.69 Å². The molecule has 7 nitrogen and oxygen atoms in total. The first-order chi connectivity index (χ1) is 9.47. The average molecular weight is 281 g/mol. The first kappa shape index (κ1) is 14.4. The zero-order chi connectivity index (χ0) is 14.9. The van der Waals surface area contributed by atoms with Gasteiger partial charge in [0.05, 0.1) is 6.61 Å². The number of anilines is 1. The van der Waals surface area contributed by atoms with E-state index in [-0.39, 0.29) is 11.6 Å². The van der Waals surface area contributed by atoms with E-state index in [0.29, 0.717) is 31.9 Å². The molecule has 0 saturated heterocycles. The number of hydrogen-bond acceptors (Lipinski definition) is 5. The first-order valence-electron chi connectivity index (χ1n) is 6.39. The summed E-state index contributed by atoms with van der Waals surface area (Å²) in [6.07, 6.45) is 1.61. The Morgan fingerprint density at radius 3 is 2.65 bits per heavy atom. The summed E-state index contributed by atoms with van der Waals surface area (Å²) in [5.74, 6) is -0.823. The van der Waals surface area contributed by atoms with Crippen molar-refractivity contribution in [2.75, 3.05) is 45.8 Å². The lowest BCUT2D eigenvalue weighted by molar-refractivity contribution is 0.0634. The summed E-state index contributed by atoms with van der Waals surface area (Å²) in [5, 5.41) is 10.0. The highest BCUT2D eigenvalue weighted by molar-refractivity contribution is 5.96. The highest BCUT2D eigenvalue weighted by Gasteiger charge is 2.29. The van der Waals surface area contributed by atoms with Crippen LogP contribution < -0.4 is 10.3 Å². The minimum atomic E-state index is -0.525. The number of methoxy groups -OCH3 is 1.